The largest absolute Gasteiger partial charge is 0.423 e. The van der Waals surface area contributed by atoms with Crippen molar-refractivity contribution in [3.8, 4) is 0 Å². The molecule has 0 saturated heterocycles. The number of primary sulfonamides is 1. The molecule has 0 aliphatic rings. The standard InChI is InChI=1S/C8H6BrF4NO2S/c9-6-3-4(17(14,15)16)1-2-5(6)7(10)8(11,12)13/h1-3,7H,(H2,14,15,16). The average molecular weight is 336 g/mol. The lowest BCUT2D eigenvalue weighted by Gasteiger charge is -2.14. The van der Waals surface area contributed by atoms with Crippen LogP contribution in [0.1, 0.15) is 11.7 Å². The third kappa shape index (κ3) is 3.39. The maximum Gasteiger partial charge on any atom is 0.423 e. The SMILES string of the molecule is NS(=O)(=O)c1ccc(C(F)C(F)(F)F)c(Br)c1. The Hall–Kier alpha value is -0.670. The minimum Gasteiger partial charge on any atom is -0.232 e. The summed E-state index contributed by atoms with van der Waals surface area (Å²) in [5.41, 5.74) is -0.704. The molecule has 0 radical (unpaired) electrons. The number of halogens is 5. The third-order valence-corrected chi connectivity index (χ3v) is 3.46. The number of benzene rings is 1. The molecule has 1 aromatic carbocycles. The summed E-state index contributed by atoms with van der Waals surface area (Å²) in [5, 5.41) is 4.77. The maximum absolute atomic E-state index is 13.0. The number of nitrogens with two attached hydrogens (primary N) is 1. The predicted octanol–water partition coefficient (Wildman–Crippen LogP) is 2.67. The Labute approximate surface area is 103 Å². The first-order valence-electron chi connectivity index (χ1n) is 4.06. The lowest BCUT2D eigenvalue weighted by Crippen LogP contribution is -2.18. The van der Waals surface area contributed by atoms with E-state index in [1.807, 2.05) is 0 Å². The maximum atomic E-state index is 13.0. The highest BCUT2D eigenvalue weighted by Crippen LogP contribution is 2.39. The van der Waals surface area contributed by atoms with Crippen molar-refractivity contribution in [2.75, 3.05) is 0 Å². The van der Waals surface area contributed by atoms with Crippen molar-refractivity contribution in [2.24, 2.45) is 5.14 Å². The van der Waals surface area contributed by atoms with Gasteiger partial charge in [-0.15, -0.1) is 0 Å². The Kier molecular flexibility index (Phi) is 3.84. The van der Waals surface area contributed by atoms with Gasteiger partial charge in [-0.25, -0.2) is 17.9 Å². The molecule has 0 saturated carbocycles. The highest BCUT2D eigenvalue weighted by molar-refractivity contribution is 9.10. The van der Waals surface area contributed by atoms with E-state index in [-0.39, 0.29) is 4.47 Å². The van der Waals surface area contributed by atoms with Gasteiger partial charge >= 0.3 is 6.18 Å². The van der Waals surface area contributed by atoms with Crippen molar-refractivity contribution in [3.05, 3.63) is 28.2 Å². The Morgan fingerprint density at radius 2 is 1.82 bits per heavy atom. The second-order valence-electron chi connectivity index (χ2n) is 3.13. The first kappa shape index (κ1) is 14.4. The van der Waals surface area contributed by atoms with Crippen LogP contribution in [0.3, 0.4) is 0 Å². The van der Waals surface area contributed by atoms with Crippen molar-refractivity contribution in [3.63, 3.8) is 0 Å². The molecule has 2 N–H and O–H groups in total. The fraction of sp³-hybridized carbons (Fsp3) is 0.250. The van der Waals surface area contributed by atoms with Gasteiger partial charge in [-0.2, -0.15) is 13.2 Å². The Bertz CT molecular complexity index is 529. The normalized spacial score (nSPS) is 14.7. The van der Waals surface area contributed by atoms with Crippen molar-refractivity contribution in [1.29, 1.82) is 0 Å². The van der Waals surface area contributed by atoms with Crippen LogP contribution in [0.15, 0.2) is 27.6 Å². The number of rotatable bonds is 2. The fourth-order valence-corrected chi connectivity index (χ4v) is 2.34. The number of hydrogen-bond donors (Lipinski definition) is 1. The summed E-state index contributed by atoms with van der Waals surface area (Å²) in [5.74, 6) is 0. The van der Waals surface area contributed by atoms with E-state index >= 15 is 0 Å². The first-order chi connectivity index (χ1) is 7.53. The fourth-order valence-electron chi connectivity index (χ4n) is 1.07. The molecule has 96 valence electrons. The second-order valence-corrected chi connectivity index (χ2v) is 5.55. The minimum atomic E-state index is -5.05. The number of hydrogen-bond acceptors (Lipinski definition) is 2. The molecule has 17 heavy (non-hydrogen) atoms. The highest BCUT2D eigenvalue weighted by Gasteiger charge is 2.42. The van der Waals surface area contributed by atoms with Crippen LogP contribution < -0.4 is 5.14 Å². The molecule has 3 nitrogen and oxygen atoms in total. The zero-order chi connectivity index (χ0) is 13.4. The molecular weight excluding hydrogens is 330 g/mol. The Morgan fingerprint density at radius 1 is 1.29 bits per heavy atom. The van der Waals surface area contributed by atoms with Crippen LogP contribution in [0.25, 0.3) is 0 Å². The van der Waals surface area contributed by atoms with Gasteiger partial charge in [0.25, 0.3) is 0 Å². The van der Waals surface area contributed by atoms with Crippen molar-refractivity contribution in [1.82, 2.24) is 0 Å². The van der Waals surface area contributed by atoms with Crippen LogP contribution in [0, 0.1) is 0 Å². The van der Waals surface area contributed by atoms with Gasteiger partial charge in [-0.05, 0) is 12.1 Å². The molecule has 0 fully saturated rings. The van der Waals surface area contributed by atoms with Gasteiger partial charge in [0.1, 0.15) is 0 Å². The molecule has 0 aliphatic carbocycles. The quantitative estimate of drug-likeness (QED) is 0.844. The van der Waals surface area contributed by atoms with E-state index < -0.39 is 32.8 Å². The lowest BCUT2D eigenvalue weighted by atomic mass is 10.1. The molecule has 0 aromatic heterocycles. The van der Waals surface area contributed by atoms with E-state index in [9.17, 15) is 26.0 Å². The zero-order valence-corrected chi connectivity index (χ0v) is 10.4. The number of sulfonamides is 1. The summed E-state index contributed by atoms with van der Waals surface area (Å²) < 4.78 is 70.8. The smallest absolute Gasteiger partial charge is 0.232 e. The van der Waals surface area contributed by atoms with Crippen LogP contribution >= 0.6 is 15.9 Å². The van der Waals surface area contributed by atoms with Gasteiger partial charge in [-0.1, -0.05) is 22.0 Å². The molecule has 0 heterocycles. The Balaban J connectivity index is 3.24. The van der Waals surface area contributed by atoms with E-state index in [1.54, 1.807) is 0 Å². The van der Waals surface area contributed by atoms with E-state index in [0.717, 1.165) is 18.2 Å². The summed E-state index contributed by atoms with van der Waals surface area (Å²) in [6.07, 6.45) is -8.24. The van der Waals surface area contributed by atoms with E-state index in [2.05, 4.69) is 15.9 Å². The van der Waals surface area contributed by atoms with Gasteiger partial charge in [0.15, 0.2) is 0 Å². The van der Waals surface area contributed by atoms with Crippen LogP contribution in [-0.2, 0) is 10.0 Å². The molecule has 0 amide bonds. The molecule has 1 atom stereocenters. The summed E-state index contributed by atoms with van der Waals surface area (Å²) in [7, 11) is -4.04. The van der Waals surface area contributed by atoms with Crippen molar-refractivity contribution in [2.45, 2.75) is 17.2 Å². The van der Waals surface area contributed by atoms with Crippen molar-refractivity contribution >= 4 is 26.0 Å². The highest BCUT2D eigenvalue weighted by atomic mass is 79.9. The van der Waals surface area contributed by atoms with E-state index in [4.69, 9.17) is 5.14 Å². The first-order valence-corrected chi connectivity index (χ1v) is 6.40. The van der Waals surface area contributed by atoms with Gasteiger partial charge in [0.2, 0.25) is 16.2 Å². The van der Waals surface area contributed by atoms with E-state index in [0.29, 0.717) is 0 Å². The van der Waals surface area contributed by atoms with Crippen LogP contribution in [0.4, 0.5) is 17.6 Å². The molecule has 0 bridgehead atoms. The molecule has 9 heteroatoms. The topological polar surface area (TPSA) is 60.2 Å². The molecular formula is C8H6BrF4NO2S. The van der Waals surface area contributed by atoms with Crippen LogP contribution in [-0.4, -0.2) is 14.6 Å². The van der Waals surface area contributed by atoms with Crippen LogP contribution in [0.5, 0.6) is 0 Å². The Morgan fingerprint density at radius 3 is 2.18 bits per heavy atom. The van der Waals surface area contributed by atoms with Gasteiger partial charge in [0, 0.05) is 10.0 Å². The summed E-state index contributed by atoms with van der Waals surface area (Å²) in [6, 6.07) is 2.36. The summed E-state index contributed by atoms with van der Waals surface area (Å²) in [6.45, 7) is 0. The minimum absolute atomic E-state index is 0.311. The monoisotopic (exact) mass is 335 g/mol. The molecule has 0 aliphatic heterocycles. The van der Waals surface area contributed by atoms with Gasteiger partial charge < -0.3 is 0 Å². The lowest BCUT2D eigenvalue weighted by molar-refractivity contribution is -0.183. The molecule has 0 spiro atoms. The van der Waals surface area contributed by atoms with Gasteiger partial charge in [0.05, 0.1) is 4.90 Å². The summed E-state index contributed by atoms with van der Waals surface area (Å²) in [4.78, 5) is -0.400. The third-order valence-electron chi connectivity index (χ3n) is 1.86. The van der Waals surface area contributed by atoms with Gasteiger partial charge in [-0.3, -0.25) is 0 Å². The molecule has 1 aromatic rings. The second kappa shape index (κ2) is 4.54. The molecule has 1 rings (SSSR count). The average Bonchev–Trinajstić information content (AvgIpc) is 2.13. The van der Waals surface area contributed by atoms with Crippen molar-refractivity contribution < 1.29 is 26.0 Å². The predicted molar refractivity (Wildman–Crippen MR) is 55.4 cm³/mol. The molecule has 1 unspecified atom stereocenters. The number of alkyl halides is 4. The summed E-state index contributed by atoms with van der Waals surface area (Å²) >= 11 is 2.67. The van der Waals surface area contributed by atoms with Crippen LogP contribution in [0.2, 0.25) is 0 Å². The zero-order valence-electron chi connectivity index (χ0n) is 8.00. The van der Waals surface area contributed by atoms with E-state index in [1.165, 1.54) is 0 Å².